The van der Waals surface area contributed by atoms with Crippen LogP contribution in [0.2, 0.25) is 25.7 Å². The van der Waals surface area contributed by atoms with Gasteiger partial charge in [0.2, 0.25) is 5.95 Å². The van der Waals surface area contributed by atoms with Crippen molar-refractivity contribution in [2.45, 2.75) is 103 Å². The Morgan fingerprint density at radius 2 is 1.77 bits per heavy atom. The molecule has 13 heteroatoms. The highest BCUT2D eigenvalue weighted by Gasteiger charge is 2.43. The van der Waals surface area contributed by atoms with Gasteiger partial charge in [0.1, 0.15) is 18.1 Å². The number of rotatable bonds is 9. The maximum atomic E-state index is 14.4. The minimum atomic E-state index is -1.29. The van der Waals surface area contributed by atoms with Gasteiger partial charge >= 0.3 is 6.09 Å². The molecule has 254 valence electrons. The van der Waals surface area contributed by atoms with Crippen LogP contribution in [-0.2, 0) is 30.3 Å². The average Bonchev–Trinajstić information content (AvgIpc) is 3.61. The number of ether oxygens (including phenoxy) is 3. The molecule has 0 aliphatic carbocycles. The first-order valence-corrected chi connectivity index (χ1v) is 20.3. The van der Waals surface area contributed by atoms with E-state index in [1.807, 2.05) is 64.0 Å². The summed E-state index contributed by atoms with van der Waals surface area (Å²) in [6.07, 6.45) is 6.99. The number of nitrogens with zero attached hydrogens (tertiary/aromatic N) is 6. The largest absolute Gasteiger partial charge is 0.495 e. The normalized spacial score (nSPS) is 19.9. The molecule has 2 atom stereocenters. The molecule has 1 aromatic carbocycles. The minimum absolute atomic E-state index is 0.00412. The predicted octanol–water partition coefficient (Wildman–Crippen LogP) is 5.63. The van der Waals surface area contributed by atoms with Crippen LogP contribution in [0, 0.1) is 0 Å². The quantitative estimate of drug-likeness (QED) is 0.181. The zero-order valence-corrected chi connectivity index (χ0v) is 30.2. The SMILES string of the molecule is COc1c(-c2cn(COCC[Si](C)(C)C)c3nc(N4C5CCC4CC(NC(=O)OC(C)(C)C)C5)n(C)c(=O)c23)ccc2nn(C)cc12. The summed E-state index contributed by atoms with van der Waals surface area (Å²) in [7, 11) is 4.05. The fourth-order valence-corrected chi connectivity index (χ4v) is 7.85. The highest BCUT2D eigenvalue weighted by molar-refractivity contribution is 6.76. The van der Waals surface area contributed by atoms with Crippen LogP contribution in [0.3, 0.4) is 0 Å². The predicted molar refractivity (Wildman–Crippen MR) is 187 cm³/mol. The second-order valence-electron chi connectivity index (χ2n) is 15.3. The molecule has 47 heavy (non-hydrogen) atoms. The van der Waals surface area contributed by atoms with Gasteiger partial charge < -0.3 is 29.0 Å². The van der Waals surface area contributed by atoms with Gasteiger partial charge in [-0.05, 0) is 64.6 Å². The number of carbonyl (C=O) groups excluding carboxylic acids is 1. The summed E-state index contributed by atoms with van der Waals surface area (Å²) in [6, 6.07) is 5.27. The van der Waals surface area contributed by atoms with Crippen LogP contribution in [0.15, 0.2) is 29.3 Å². The number of methoxy groups -OCH3 is 1. The number of nitrogens with one attached hydrogen (secondary N) is 1. The molecule has 4 aromatic rings. The molecule has 12 nitrogen and oxygen atoms in total. The van der Waals surface area contributed by atoms with Gasteiger partial charge in [-0.25, -0.2) is 4.79 Å². The first-order chi connectivity index (χ1) is 22.1. The van der Waals surface area contributed by atoms with Crippen molar-refractivity contribution in [3.05, 3.63) is 34.9 Å². The molecule has 1 N–H and O–H groups in total. The van der Waals surface area contributed by atoms with E-state index in [2.05, 4.69) is 35.0 Å². The van der Waals surface area contributed by atoms with E-state index in [0.29, 0.717) is 29.3 Å². The fourth-order valence-electron chi connectivity index (χ4n) is 7.09. The molecule has 1 amide bonds. The summed E-state index contributed by atoms with van der Waals surface area (Å²) in [5.74, 6) is 1.31. The summed E-state index contributed by atoms with van der Waals surface area (Å²) in [4.78, 5) is 34.5. The monoisotopic (exact) mass is 663 g/mol. The number of aromatic nitrogens is 5. The van der Waals surface area contributed by atoms with Crippen molar-refractivity contribution in [1.82, 2.24) is 29.2 Å². The molecule has 6 rings (SSSR count). The van der Waals surface area contributed by atoms with Crippen LogP contribution in [0.5, 0.6) is 5.75 Å². The first kappa shape index (κ1) is 33.1. The molecule has 2 unspecified atom stereocenters. The maximum absolute atomic E-state index is 14.4. The Kier molecular flexibility index (Phi) is 8.66. The highest BCUT2D eigenvalue weighted by Crippen LogP contribution is 2.42. The van der Waals surface area contributed by atoms with Gasteiger partial charge in [-0.15, -0.1) is 0 Å². The zero-order valence-electron chi connectivity index (χ0n) is 29.2. The second-order valence-corrected chi connectivity index (χ2v) is 20.9. The molecule has 0 spiro atoms. The second kappa shape index (κ2) is 12.3. The number of fused-ring (bicyclic) bond motifs is 4. The van der Waals surface area contributed by atoms with E-state index < -0.39 is 13.7 Å². The Morgan fingerprint density at radius 1 is 1.06 bits per heavy atom. The van der Waals surface area contributed by atoms with Crippen molar-refractivity contribution in [1.29, 1.82) is 0 Å². The zero-order chi connectivity index (χ0) is 33.8. The summed E-state index contributed by atoms with van der Waals surface area (Å²) >= 11 is 0. The molecule has 2 bridgehead atoms. The lowest BCUT2D eigenvalue weighted by Gasteiger charge is -2.40. The van der Waals surface area contributed by atoms with Crippen LogP contribution in [0.25, 0.3) is 33.1 Å². The van der Waals surface area contributed by atoms with E-state index in [-0.39, 0.29) is 36.5 Å². The van der Waals surface area contributed by atoms with Crippen LogP contribution < -0.4 is 20.5 Å². The molecular weight excluding hydrogens is 615 g/mol. The number of aryl methyl sites for hydroxylation is 1. The lowest BCUT2D eigenvalue weighted by molar-refractivity contribution is 0.0492. The van der Waals surface area contributed by atoms with Crippen molar-refractivity contribution in [3.63, 3.8) is 0 Å². The summed E-state index contributed by atoms with van der Waals surface area (Å²) in [6.45, 7) is 13.5. The van der Waals surface area contributed by atoms with Gasteiger partial charge in [-0.1, -0.05) is 19.6 Å². The smallest absolute Gasteiger partial charge is 0.407 e. The van der Waals surface area contributed by atoms with Gasteiger partial charge in [0.25, 0.3) is 5.56 Å². The third kappa shape index (κ3) is 6.64. The lowest BCUT2D eigenvalue weighted by atomic mass is 9.98. The molecule has 0 saturated carbocycles. The molecule has 0 radical (unpaired) electrons. The molecular formula is C34H49N7O5Si. The topological polar surface area (TPSA) is 118 Å². The lowest BCUT2D eigenvalue weighted by Crippen LogP contribution is -2.52. The number of hydrogen-bond acceptors (Lipinski definition) is 8. The third-order valence-corrected chi connectivity index (χ3v) is 10.9. The van der Waals surface area contributed by atoms with E-state index in [1.165, 1.54) is 0 Å². The van der Waals surface area contributed by atoms with Crippen LogP contribution in [-0.4, -0.2) is 75.5 Å². The first-order valence-electron chi connectivity index (χ1n) is 16.6. The Morgan fingerprint density at radius 3 is 2.40 bits per heavy atom. The average molecular weight is 664 g/mol. The van der Waals surface area contributed by atoms with Crippen molar-refractivity contribution in [2.75, 3.05) is 18.6 Å². The van der Waals surface area contributed by atoms with Gasteiger partial charge in [-0.3, -0.25) is 14.0 Å². The summed E-state index contributed by atoms with van der Waals surface area (Å²) in [5, 5.41) is 9.04. The van der Waals surface area contributed by atoms with Crippen LogP contribution in [0.4, 0.5) is 10.7 Å². The third-order valence-electron chi connectivity index (χ3n) is 9.23. The van der Waals surface area contributed by atoms with Gasteiger partial charge in [0.05, 0.1) is 23.4 Å². The molecule has 2 aliphatic heterocycles. The molecule has 5 heterocycles. The molecule has 3 aromatic heterocycles. The number of anilines is 1. The summed E-state index contributed by atoms with van der Waals surface area (Å²) in [5.41, 5.74) is 2.29. The molecule has 2 fully saturated rings. The minimum Gasteiger partial charge on any atom is -0.495 e. The van der Waals surface area contributed by atoms with Crippen molar-refractivity contribution < 1.29 is 19.0 Å². The van der Waals surface area contributed by atoms with Crippen molar-refractivity contribution in [2.24, 2.45) is 14.1 Å². The van der Waals surface area contributed by atoms with Crippen molar-refractivity contribution in [3.8, 4) is 16.9 Å². The molecule has 2 aliphatic rings. The Balaban J connectivity index is 1.40. The number of benzene rings is 1. The molecule has 2 saturated heterocycles. The Labute approximate surface area is 277 Å². The number of carbonyl (C=O) groups is 1. The van der Waals surface area contributed by atoms with E-state index in [0.717, 1.165) is 53.8 Å². The van der Waals surface area contributed by atoms with E-state index in [9.17, 15) is 9.59 Å². The van der Waals surface area contributed by atoms with Crippen LogP contribution >= 0.6 is 0 Å². The number of hydrogen-bond donors (Lipinski definition) is 1. The number of piperidine rings is 1. The Hall–Kier alpha value is -3.84. The van der Waals surface area contributed by atoms with Gasteiger partial charge in [0, 0.05) is 70.4 Å². The fraction of sp³-hybridized carbons (Fsp3) is 0.588. The number of amides is 1. The standard InChI is InChI=1S/C34H49N7O5Si/c1-34(2,3)46-33(43)35-21-16-22-10-11-23(17-21)41(22)32-36-30-28(31(42)39(32)5)25(19-40(30)20-45-14-15-47(7,8)9)24-12-13-27-26(29(24)44-6)18-38(4)37-27/h12-13,18-19,21-23H,10-11,14-17,20H2,1-9H3,(H,35,43). The maximum Gasteiger partial charge on any atom is 0.407 e. The summed E-state index contributed by atoms with van der Waals surface area (Å²) < 4.78 is 23.1. The van der Waals surface area contributed by atoms with E-state index in [1.54, 1.807) is 16.4 Å². The van der Waals surface area contributed by atoms with Crippen molar-refractivity contribution >= 4 is 42.1 Å². The van der Waals surface area contributed by atoms with Gasteiger partial charge in [0.15, 0.2) is 5.65 Å². The van der Waals surface area contributed by atoms with E-state index >= 15 is 0 Å². The van der Waals surface area contributed by atoms with Crippen LogP contribution in [0.1, 0.15) is 46.5 Å². The van der Waals surface area contributed by atoms with E-state index in [4.69, 9.17) is 19.2 Å². The number of alkyl carbamates (subject to hydrolysis) is 1. The highest BCUT2D eigenvalue weighted by atomic mass is 28.3. The Bertz CT molecular complexity index is 1850. The van der Waals surface area contributed by atoms with Gasteiger partial charge in [-0.2, -0.15) is 10.1 Å².